The van der Waals surface area contributed by atoms with Crippen LogP contribution in [0, 0.1) is 6.92 Å². The summed E-state index contributed by atoms with van der Waals surface area (Å²) in [7, 11) is 0. The zero-order chi connectivity index (χ0) is 9.26. The first-order valence-corrected chi connectivity index (χ1v) is 4.44. The number of aromatic nitrogens is 1. The Morgan fingerprint density at radius 1 is 1.77 bits per heavy atom. The molecule has 1 atom stereocenters. The van der Waals surface area contributed by atoms with E-state index >= 15 is 0 Å². The second kappa shape index (κ2) is 3.30. The molecule has 1 N–H and O–H groups in total. The van der Waals surface area contributed by atoms with E-state index in [-0.39, 0.29) is 11.8 Å². The van der Waals surface area contributed by atoms with Gasteiger partial charge in [0.15, 0.2) is 5.78 Å². The van der Waals surface area contributed by atoms with Gasteiger partial charge in [0, 0.05) is 25.5 Å². The predicted molar refractivity (Wildman–Crippen MR) is 46.4 cm³/mol. The number of ketones is 1. The number of rotatable bonds is 2. The van der Waals surface area contributed by atoms with Crippen LogP contribution in [0.3, 0.4) is 0 Å². The maximum absolute atomic E-state index is 11.3. The first kappa shape index (κ1) is 8.44. The van der Waals surface area contributed by atoms with Crippen LogP contribution in [0.5, 0.6) is 0 Å². The van der Waals surface area contributed by atoms with Crippen molar-refractivity contribution in [1.29, 1.82) is 0 Å². The maximum atomic E-state index is 11.3. The van der Waals surface area contributed by atoms with Gasteiger partial charge in [-0.15, -0.1) is 0 Å². The Labute approximate surface area is 76.3 Å². The molecule has 1 aromatic rings. The number of carbonyl (C=O) groups is 1. The first-order chi connectivity index (χ1) is 6.25. The molecule has 1 saturated heterocycles. The third-order valence-electron chi connectivity index (χ3n) is 2.24. The second-order valence-electron chi connectivity index (χ2n) is 3.36. The average Bonchev–Trinajstić information content (AvgIpc) is 2.64. The molecule has 1 aliphatic rings. The highest BCUT2D eigenvalue weighted by atomic mass is 16.5. The van der Waals surface area contributed by atoms with Crippen molar-refractivity contribution in [2.45, 2.75) is 25.8 Å². The molecule has 0 aliphatic carbocycles. The molecular formula is C9H12N2O2. The highest BCUT2D eigenvalue weighted by molar-refractivity contribution is 5.86. The molecule has 4 heteroatoms. The fourth-order valence-electron chi connectivity index (χ4n) is 1.57. The van der Waals surface area contributed by atoms with Gasteiger partial charge in [-0.2, -0.15) is 0 Å². The third kappa shape index (κ3) is 1.78. The van der Waals surface area contributed by atoms with Crippen molar-refractivity contribution in [3.05, 3.63) is 17.5 Å². The van der Waals surface area contributed by atoms with Crippen LogP contribution in [0.4, 0.5) is 0 Å². The Morgan fingerprint density at radius 3 is 3.15 bits per heavy atom. The highest BCUT2D eigenvalue weighted by Gasteiger charge is 2.24. The molecule has 1 aromatic heterocycles. The van der Waals surface area contributed by atoms with Gasteiger partial charge in [-0.05, 0) is 6.92 Å². The third-order valence-corrected chi connectivity index (χ3v) is 2.24. The number of nitrogens with zero attached hydrogens (tertiary/aromatic N) is 1. The minimum Gasteiger partial charge on any atom is -0.361 e. The minimum atomic E-state index is -0.0514. The maximum Gasteiger partial charge on any atom is 0.151 e. The van der Waals surface area contributed by atoms with Crippen molar-refractivity contribution in [1.82, 2.24) is 10.5 Å². The quantitative estimate of drug-likeness (QED) is 0.718. The Balaban J connectivity index is 2.01. The van der Waals surface area contributed by atoms with E-state index in [1.807, 2.05) is 13.0 Å². The van der Waals surface area contributed by atoms with E-state index in [2.05, 4.69) is 10.5 Å². The second-order valence-corrected chi connectivity index (χ2v) is 3.36. The number of carbonyl (C=O) groups excluding carboxylic acids is 1. The van der Waals surface area contributed by atoms with Crippen LogP contribution in [-0.2, 0) is 11.2 Å². The zero-order valence-electron chi connectivity index (χ0n) is 7.54. The molecule has 4 nitrogen and oxygen atoms in total. The summed E-state index contributed by atoms with van der Waals surface area (Å²) in [4.78, 5) is 11.3. The van der Waals surface area contributed by atoms with Crippen molar-refractivity contribution in [2.75, 3.05) is 6.54 Å². The lowest BCUT2D eigenvalue weighted by atomic mass is 10.1. The summed E-state index contributed by atoms with van der Waals surface area (Å²) >= 11 is 0. The van der Waals surface area contributed by atoms with Crippen molar-refractivity contribution in [2.24, 2.45) is 0 Å². The summed E-state index contributed by atoms with van der Waals surface area (Å²) in [6.07, 6.45) is 1.29. The summed E-state index contributed by atoms with van der Waals surface area (Å²) in [6, 6.07) is 1.82. The molecule has 0 radical (unpaired) electrons. The van der Waals surface area contributed by atoms with Crippen molar-refractivity contribution in [3.8, 4) is 0 Å². The largest absolute Gasteiger partial charge is 0.361 e. The van der Waals surface area contributed by atoms with E-state index in [4.69, 9.17) is 4.52 Å². The molecular weight excluding hydrogens is 168 g/mol. The molecule has 2 heterocycles. The van der Waals surface area contributed by atoms with E-state index in [1.165, 1.54) is 0 Å². The van der Waals surface area contributed by atoms with Crippen molar-refractivity contribution >= 4 is 5.78 Å². The molecule has 1 unspecified atom stereocenters. The van der Waals surface area contributed by atoms with Gasteiger partial charge in [-0.3, -0.25) is 4.79 Å². The van der Waals surface area contributed by atoms with Crippen LogP contribution in [0.1, 0.15) is 17.9 Å². The Morgan fingerprint density at radius 2 is 2.62 bits per heavy atom. The van der Waals surface area contributed by atoms with Crippen molar-refractivity contribution in [3.63, 3.8) is 0 Å². The smallest absolute Gasteiger partial charge is 0.151 e. The van der Waals surface area contributed by atoms with Gasteiger partial charge >= 0.3 is 0 Å². The topological polar surface area (TPSA) is 55.1 Å². The first-order valence-electron chi connectivity index (χ1n) is 4.44. The molecule has 1 aliphatic heterocycles. The summed E-state index contributed by atoms with van der Waals surface area (Å²) < 4.78 is 4.92. The van der Waals surface area contributed by atoms with E-state index in [1.54, 1.807) is 0 Å². The summed E-state index contributed by atoms with van der Waals surface area (Å²) in [6.45, 7) is 2.64. The number of hydrogen-bond acceptors (Lipinski definition) is 4. The number of nitrogens with one attached hydrogen (secondary N) is 1. The van der Waals surface area contributed by atoms with Gasteiger partial charge < -0.3 is 9.84 Å². The fourth-order valence-corrected chi connectivity index (χ4v) is 1.57. The van der Waals surface area contributed by atoms with Crippen LogP contribution in [0.25, 0.3) is 0 Å². The molecule has 0 aromatic carbocycles. The van der Waals surface area contributed by atoms with Gasteiger partial charge in [-0.25, -0.2) is 0 Å². The molecule has 2 rings (SSSR count). The molecule has 70 valence electrons. The van der Waals surface area contributed by atoms with Gasteiger partial charge in [0.1, 0.15) is 5.76 Å². The molecule has 1 fully saturated rings. The van der Waals surface area contributed by atoms with E-state index < -0.39 is 0 Å². The summed E-state index contributed by atoms with van der Waals surface area (Å²) in [5.74, 6) is 1.07. The normalized spacial score (nSPS) is 22.5. The van der Waals surface area contributed by atoms with E-state index in [0.717, 1.165) is 18.0 Å². The SMILES string of the molecule is Cc1cc(CC2NCCC2=O)no1. The molecule has 0 amide bonds. The summed E-state index contributed by atoms with van der Waals surface area (Å²) in [5, 5.41) is 6.98. The molecule has 0 saturated carbocycles. The van der Waals surface area contributed by atoms with E-state index in [9.17, 15) is 4.79 Å². The Bertz CT molecular complexity index is 319. The average molecular weight is 180 g/mol. The van der Waals surface area contributed by atoms with Crippen LogP contribution >= 0.6 is 0 Å². The van der Waals surface area contributed by atoms with Crippen LogP contribution in [0.15, 0.2) is 10.6 Å². The molecule has 0 spiro atoms. The fraction of sp³-hybridized carbons (Fsp3) is 0.556. The Hall–Kier alpha value is -1.16. The number of hydrogen-bond donors (Lipinski definition) is 1. The number of Topliss-reactive ketones (excluding diaryl/α,β-unsaturated/α-hetero) is 1. The lowest BCUT2D eigenvalue weighted by Gasteiger charge is -2.04. The van der Waals surface area contributed by atoms with Gasteiger partial charge in [0.05, 0.1) is 11.7 Å². The standard InChI is InChI=1S/C9H12N2O2/c1-6-4-7(11-13-6)5-8-9(12)2-3-10-8/h4,8,10H,2-3,5H2,1H3. The zero-order valence-corrected chi connectivity index (χ0v) is 7.54. The minimum absolute atomic E-state index is 0.0514. The van der Waals surface area contributed by atoms with Crippen LogP contribution in [-0.4, -0.2) is 23.5 Å². The lowest BCUT2D eigenvalue weighted by Crippen LogP contribution is -2.29. The van der Waals surface area contributed by atoms with Crippen LogP contribution in [0.2, 0.25) is 0 Å². The monoisotopic (exact) mass is 180 g/mol. The van der Waals surface area contributed by atoms with Gasteiger partial charge in [-0.1, -0.05) is 5.16 Å². The van der Waals surface area contributed by atoms with Crippen molar-refractivity contribution < 1.29 is 9.32 Å². The predicted octanol–water partition coefficient (Wildman–Crippen LogP) is 0.457. The van der Waals surface area contributed by atoms with E-state index in [0.29, 0.717) is 12.8 Å². The lowest BCUT2D eigenvalue weighted by molar-refractivity contribution is -0.118. The van der Waals surface area contributed by atoms with Gasteiger partial charge in [0.2, 0.25) is 0 Å². The molecule has 13 heavy (non-hydrogen) atoms. The molecule has 0 bridgehead atoms. The van der Waals surface area contributed by atoms with Gasteiger partial charge in [0.25, 0.3) is 0 Å². The summed E-state index contributed by atoms with van der Waals surface area (Å²) in [5.41, 5.74) is 0.852. The van der Waals surface area contributed by atoms with Crippen LogP contribution < -0.4 is 5.32 Å². The highest BCUT2D eigenvalue weighted by Crippen LogP contribution is 2.09. The number of aryl methyl sites for hydroxylation is 1. The Kier molecular flexibility index (Phi) is 2.14.